The van der Waals surface area contributed by atoms with Gasteiger partial charge in [-0.15, -0.1) is 11.8 Å². The van der Waals surface area contributed by atoms with Crippen LogP contribution in [0.2, 0.25) is 5.02 Å². The van der Waals surface area contributed by atoms with Gasteiger partial charge >= 0.3 is 0 Å². The number of carbonyl (C=O) groups excluding carboxylic acids is 1. The summed E-state index contributed by atoms with van der Waals surface area (Å²) in [6, 6.07) is 10.7. The highest BCUT2D eigenvalue weighted by Crippen LogP contribution is 2.24. The Morgan fingerprint density at radius 3 is 2.95 bits per heavy atom. The van der Waals surface area contributed by atoms with Gasteiger partial charge in [0.2, 0.25) is 5.91 Å². The summed E-state index contributed by atoms with van der Waals surface area (Å²) in [6.07, 6.45) is 2.06. The minimum absolute atomic E-state index is 0.0600. The number of carbonyl (C=O) groups is 1. The largest absolute Gasteiger partial charge is 0.399 e. The Bertz CT molecular complexity index is 606. The molecular formula is C14H14ClN3OS. The van der Waals surface area contributed by atoms with Crippen molar-refractivity contribution < 1.29 is 4.79 Å². The highest BCUT2D eigenvalue weighted by molar-refractivity contribution is 7.99. The number of benzene rings is 1. The van der Waals surface area contributed by atoms with Crippen LogP contribution in [0.5, 0.6) is 0 Å². The third-order valence-corrected chi connectivity index (χ3v) is 3.89. The Balaban J connectivity index is 1.80. The molecule has 4 nitrogen and oxygen atoms in total. The van der Waals surface area contributed by atoms with Crippen molar-refractivity contribution in [2.45, 2.75) is 11.4 Å². The van der Waals surface area contributed by atoms with Crippen molar-refractivity contribution in [1.82, 2.24) is 4.98 Å². The van der Waals surface area contributed by atoms with Gasteiger partial charge in [-0.25, -0.2) is 4.98 Å². The van der Waals surface area contributed by atoms with Gasteiger partial charge in [0, 0.05) is 29.7 Å². The highest BCUT2D eigenvalue weighted by Gasteiger charge is 2.05. The van der Waals surface area contributed by atoms with Crippen LogP contribution in [-0.4, -0.2) is 16.6 Å². The van der Waals surface area contributed by atoms with Gasteiger partial charge in [-0.1, -0.05) is 17.7 Å². The summed E-state index contributed by atoms with van der Waals surface area (Å²) in [4.78, 5) is 15.9. The van der Waals surface area contributed by atoms with Crippen molar-refractivity contribution in [2.75, 3.05) is 16.8 Å². The third kappa shape index (κ3) is 4.43. The average molecular weight is 308 g/mol. The summed E-state index contributed by atoms with van der Waals surface area (Å²) >= 11 is 7.45. The highest BCUT2D eigenvalue weighted by atomic mass is 35.5. The molecule has 1 amide bonds. The number of thioether (sulfide) groups is 1. The first-order valence-electron chi connectivity index (χ1n) is 6.04. The van der Waals surface area contributed by atoms with E-state index in [4.69, 9.17) is 17.3 Å². The second kappa shape index (κ2) is 7.17. The number of hydrogen-bond acceptors (Lipinski definition) is 4. The normalized spacial score (nSPS) is 10.2. The summed E-state index contributed by atoms with van der Waals surface area (Å²) in [6.45, 7) is 0. The number of nitrogens with one attached hydrogen (secondary N) is 1. The van der Waals surface area contributed by atoms with Gasteiger partial charge in [0.05, 0.1) is 5.02 Å². The summed E-state index contributed by atoms with van der Waals surface area (Å²) in [5.41, 5.74) is 6.98. The number of hydrogen-bond donors (Lipinski definition) is 2. The lowest BCUT2D eigenvalue weighted by molar-refractivity contribution is -0.115. The molecule has 0 spiro atoms. The zero-order valence-electron chi connectivity index (χ0n) is 10.7. The molecular weight excluding hydrogens is 294 g/mol. The zero-order chi connectivity index (χ0) is 14.4. The molecule has 0 radical (unpaired) electrons. The van der Waals surface area contributed by atoms with E-state index in [1.807, 2.05) is 0 Å². The molecule has 3 N–H and O–H groups in total. The Hall–Kier alpha value is -1.72. The first-order chi connectivity index (χ1) is 9.65. The lowest BCUT2D eigenvalue weighted by atomic mass is 10.3. The Kier molecular flexibility index (Phi) is 5.26. The Labute approximate surface area is 126 Å². The number of halogens is 1. The van der Waals surface area contributed by atoms with Crippen molar-refractivity contribution in [2.24, 2.45) is 0 Å². The minimum Gasteiger partial charge on any atom is -0.399 e. The van der Waals surface area contributed by atoms with Gasteiger partial charge in [0.15, 0.2) is 0 Å². The van der Waals surface area contributed by atoms with E-state index in [9.17, 15) is 4.79 Å². The molecule has 0 bridgehead atoms. The molecule has 0 aliphatic carbocycles. The molecule has 6 heteroatoms. The van der Waals surface area contributed by atoms with E-state index in [1.54, 1.807) is 42.6 Å². The van der Waals surface area contributed by atoms with Crippen LogP contribution < -0.4 is 11.1 Å². The van der Waals surface area contributed by atoms with Crippen molar-refractivity contribution in [1.29, 1.82) is 0 Å². The van der Waals surface area contributed by atoms with Crippen molar-refractivity contribution in [3.05, 3.63) is 47.6 Å². The van der Waals surface area contributed by atoms with Gasteiger partial charge in [0.1, 0.15) is 5.03 Å². The van der Waals surface area contributed by atoms with E-state index in [0.717, 1.165) is 5.03 Å². The molecule has 104 valence electrons. The monoisotopic (exact) mass is 307 g/mol. The maximum Gasteiger partial charge on any atom is 0.225 e. The zero-order valence-corrected chi connectivity index (χ0v) is 12.2. The van der Waals surface area contributed by atoms with Crippen LogP contribution >= 0.6 is 23.4 Å². The molecule has 1 heterocycles. The molecule has 2 rings (SSSR count). The SMILES string of the molecule is Nc1cccc(NC(=O)CCSc2ncccc2Cl)c1. The maximum absolute atomic E-state index is 11.8. The van der Waals surface area contributed by atoms with E-state index in [-0.39, 0.29) is 5.91 Å². The fourth-order valence-corrected chi connectivity index (χ4v) is 2.67. The maximum atomic E-state index is 11.8. The van der Waals surface area contributed by atoms with E-state index in [0.29, 0.717) is 28.6 Å². The first-order valence-corrected chi connectivity index (χ1v) is 7.40. The molecule has 0 aliphatic rings. The quantitative estimate of drug-likeness (QED) is 0.656. The van der Waals surface area contributed by atoms with E-state index in [1.165, 1.54) is 11.8 Å². The number of nitrogens with zero attached hydrogens (tertiary/aromatic N) is 1. The molecule has 1 aromatic heterocycles. The van der Waals surface area contributed by atoms with Gasteiger partial charge in [-0.05, 0) is 30.3 Å². The van der Waals surface area contributed by atoms with Gasteiger partial charge in [-0.2, -0.15) is 0 Å². The molecule has 0 saturated carbocycles. The molecule has 0 atom stereocenters. The number of pyridine rings is 1. The van der Waals surface area contributed by atoms with Crippen molar-refractivity contribution in [3.63, 3.8) is 0 Å². The Morgan fingerprint density at radius 2 is 2.20 bits per heavy atom. The lowest BCUT2D eigenvalue weighted by Crippen LogP contribution is -2.12. The molecule has 0 saturated heterocycles. The van der Waals surface area contributed by atoms with Crippen LogP contribution in [0.3, 0.4) is 0 Å². The lowest BCUT2D eigenvalue weighted by Gasteiger charge is -2.06. The molecule has 0 aliphatic heterocycles. The van der Waals surface area contributed by atoms with Crippen LogP contribution in [-0.2, 0) is 4.79 Å². The van der Waals surface area contributed by atoms with Crippen LogP contribution in [0, 0.1) is 0 Å². The molecule has 1 aromatic carbocycles. The predicted octanol–water partition coefficient (Wildman–Crippen LogP) is 3.44. The van der Waals surface area contributed by atoms with Crippen LogP contribution in [0.15, 0.2) is 47.6 Å². The fraction of sp³-hybridized carbons (Fsp3) is 0.143. The minimum atomic E-state index is -0.0600. The predicted molar refractivity (Wildman–Crippen MR) is 84.1 cm³/mol. The molecule has 0 unspecified atom stereocenters. The Morgan fingerprint density at radius 1 is 1.35 bits per heavy atom. The van der Waals surface area contributed by atoms with Gasteiger partial charge < -0.3 is 11.1 Å². The third-order valence-electron chi connectivity index (χ3n) is 2.46. The van der Waals surface area contributed by atoms with Crippen LogP contribution in [0.25, 0.3) is 0 Å². The second-order valence-corrected chi connectivity index (χ2v) is 5.55. The number of nitrogen functional groups attached to an aromatic ring is 1. The van der Waals surface area contributed by atoms with E-state index >= 15 is 0 Å². The van der Waals surface area contributed by atoms with Crippen LogP contribution in [0.1, 0.15) is 6.42 Å². The topological polar surface area (TPSA) is 68.0 Å². The number of nitrogens with two attached hydrogens (primary N) is 1. The number of amides is 1. The van der Waals surface area contributed by atoms with Crippen LogP contribution in [0.4, 0.5) is 11.4 Å². The fourth-order valence-electron chi connectivity index (χ4n) is 1.56. The molecule has 2 aromatic rings. The molecule has 0 fully saturated rings. The number of rotatable bonds is 5. The van der Waals surface area contributed by atoms with Gasteiger partial charge in [-0.3, -0.25) is 4.79 Å². The summed E-state index contributed by atoms with van der Waals surface area (Å²) in [5, 5.41) is 4.14. The summed E-state index contributed by atoms with van der Waals surface area (Å²) in [5.74, 6) is 0.556. The summed E-state index contributed by atoms with van der Waals surface area (Å²) < 4.78 is 0. The van der Waals surface area contributed by atoms with E-state index in [2.05, 4.69) is 10.3 Å². The van der Waals surface area contributed by atoms with E-state index < -0.39 is 0 Å². The first kappa shape index (κ1) is 14.7. The standard InChI is InChI=1S/C14H14ClN3OS/c15-12-5-2-7-17-14(12)20-8-6-13(19)18-11-4-1-3-10(16)9-11/h1-5,7,9H,6,8,16H2,(H,18,19). The number of anilines is 2. The number of aromatic nitrogens is 1. The second-order valence-electron chi connectivity index (χ2n) is 4.06. The smallest absolute Gasteiger partial charge is 0.225 e. The van der Waals surface area contributed by atoms with Crippen molar-refractivity contribution in [3.8, 4) is 0 Å². The summed E-state index contributed by atoms with van der Waals surface area (Å²) in [7, 11) is 0. The molecule has 20 heavy (non-hydrogen) atoms. The van der Waals surface area contributed by atoms with Gasteiger partial charge in [0.25, 0.3) is 0 Å². The van der Waals surface area contributed by atoms with Crippen molar-refractivity contribution >= 4 is 40.6 Å². The average Bonchev–Trinajstić information content (AvgIpc) is 2.41.